The van der Waals surface area contributed by atoms with Crippen LogP contribution in [0.1, 0.15) is 36.8 Å². The van der Waals surface area contributed by atoms with Crippen molar-refractivity contribution in [2.75, 3.05) is 0 Å². The molecule has 1 aliphatic rings. The molecule has 212 valence electrons. The molecule has 0 radical (unpaired) electrons. The molecule has 0 heterocycles. The van der Waals surface area contributed by atoms with Crippen molar-refractivity contribution in [1.82, 2.24) is 10.0 Å². The van der Waals surface area contributed by atoms with Crippen LogP contribution < -0.4 is 20.6 Å². The molecule has 1 fully saturated rings. The van der Waals surface area contributed by atoms with Gasteiger partial charge in [-0.05, 0) is 62.4 Å². The van der Waals surface area contributed by atoms with Crippen molar-refractivity contribution in [2.24, 2.45) is 0 Å². The Morgan fingerprint density at radius 1 is 0.780 bits per heavy atom. The number of nitrogens with one attached hydrogen (secondary N) is 2. The van der Waals surface area contributed by atoms with Crippen LogP contribution in [-0.4, -0.2) is 32.1 Å². The second-order valence-electron chi connectivity index (χ2n) is 10.7. The number of sulfonamides is 1. The average molecular weight is 585 g/mol. The summed E-state index contributed by atoms with van der Waals surface area (Å²) in [5, 5.41) is 5.93. The minimum Gasteiger partial charge on any atom is -0.351 e. The molecule has 0 unspecified atom stereocenters. The van der Waals surface area contributed by atoms with Gasteiger partial charge in [0.05, 0.1) is 4.90 Å². The van der Waals surface area contributed by atoms with Crippen molar-refractivity contribution in [1.29, 1.82) is 0 Å². The van der Waals surface area contributed by atoms with Gasteiger partial charge in [0, 0.05) is 11.7 Å². The van der Waals surface area contributed by atoms with Crippen molar-refractivity contribution >= 4 is 34.5 Å². The third kappa shape index (κ3) is 7.51. The second-order valence-corrected chi connectivity index (χ2v) is 14.8. The van der Waals surface area contributed by atoms with E-state index in [1.54, 1.807) is 24.3 Å². The third-order valence-electron chi connectivity index (χ3n) is 7.69. The van der Waals surface area contributed by atoms with Gasteiger partial charge >= 0.3 is 0 Å². The van der Waals surface area contributed by atoms with Gasteiger partial charge in [-0.3, -0.25) is 4.79 Å². The number of aryl methyl sites for hydroxylation is 1. The van der Waals surface area contributed by atoms with Gasteiger partial charge in [-0.25, -0.2) is 8.42 Å². The highest BCUT2D eigenvalue weighted by Gasteiger charge is 2.36. The predicted molar refractivity (Wildman–Crippen MR) is 169 cm³/mol. The predicted octanol–water partition coefficient (Wildman–Crippen LogP) is 5.44. The molecular formula is C34H37N2O3PS. The lowest BCUT2D eigenvalue weighted by Crippen LogP contribution is -2.54. The summed E-state index contributed by atoms with van der Waals surface area (Å²) in [4.78, 5) is 14.1. The van der Waals surface area contributed by atoms with Crippen LogP contribution in [-0.2, 0) is 21.2 Å². The fraction of sp³-hybridized carbons (Fsp3) is 0.265. The maximum absolute atomic E-state index is 14.0. The molecule has 5 nitrogen and oxygen atoms in total. The number of rotatable bonds is 10. The van der Waals surface area contributed by atoms with E-state index < -0.39 is 24.0 Å². The summed E-state index contributed by atoms with van der Waals surface area (Å²) < 4.78 is 29.5. The van der Waals surface area contributed by atoms with Crippen molar-refractivity contribution in [2.45, 2.75) is 61.7 Å². The fourth-order valence-corrected chi connectivity index (χ4v) is 9.86. The molecule has 1 amide bonds. The summed E-state index contributed by atoms with van der Waals surface area (Å²) in [6.07, 6.45) is 4.30. The first-order valence-electron chi connectivity index (χ1n) is 14.2. The van der Waals surface area contributed by atoms with Crippen LogP contribution in [0.15, 0.2) is 120 Å². The van der Waals surface area contributed by atoms with E-state index in [2.05, 4.69) is 58.6 Å². The molecule has 4 aromatic carbocycles. The van der Waals surface area contributed by atoms with Gasteiger partial charge in [0.15, 0.2) is 0 Å². The van der Waals surface area contributed by atoms with E-state index in [0.717, 1.165) is 36.8 Å². The van der Waals surface area contributed by atoms with Crippen molar-refractivity contribution in [3.8, 4) is 0 Å². The number of amides is 1. The minimum absolute atomic E-state index is 0.0510. The number of benzene rings is 4. The van der Waals surface area contributed by atoms with Crippen molar-refractivity contribution < 1.29 is 13.2 Å². The van der Waals surface area contributed by atoms with Gasteiger partial charge in [-0.2, -0.15) is 4.72 Å². The van der Waals surface area contributed by atoms with E-state index in [4.69, 9.17) is 0 Å². The maximum Gasteiger partial charge on any atom is 0.241 e. The van der Waals surface area contributed by atoms with Gasteiger partial charge in [0.1, 0.15) is 6.04 Å². The zero-order valence-corrected chi connectivity index (χ0v) is 25.0. The van der Waals surface area contributed by atoms with Crippen molar-refractivity contribution in [3.63, 3.8) is 0 Å². The smallest absolute Gasteiger partial charge is 0.241 e. The Morgan fingerprint density at radius 2 is 1.32 bits per heavy atom. The highest BCUT2D eigenvalue weighted by molar-refractivity contribution is 7.89. The van der Waals surface area contributed by atoms with Gasteiger partial charge < -0.3 is 5.32 Å². The molecule has 41 heavy (non-hydrogen) atoms. The van der Waals surface area contributed by atoms with Gasteiger partial charge in [-0.15, -0.1) is 0 Å². The normalized spacial score (nSPS) is 18.1. The van der Waals surface area contributed by atoms with Crippen molar-refractivity contribution in [3.05, 3.63) is 126 Å². The van der Waals surface area contributed by atoms with E-state index in [0.29, 0.717) is 0 Å². The quantitative estimate of drug-likeness (QED) is 0.244. The first-order chi connectivity index (χ1) is 19.9. The number of carbonyl (C=O) groups excluding carboxylic acids is 1. The minimum atomic E-state index is -3.90. The summed E-state index contributed by atoms with van der Waals surface area (Å²) in [5.41, 5.74) is 2.12. The molecule has 3 atom stereocenters. The molecule has 0 saturated heterocycles. The molecule has 0 aliphatic heterocycles. The Hall–Kier alpha value is -3.31. The van der Waals surface area contributed by atoms with Crippen LogP contribution >= 0.6 is 7.92 Å². The summed E-state index contributed by atoms with van der Waals surface area (Å²) in [6, 6.07) is 36.5. The lowest BCUT2D eigenvalue weighted by molar-refractivity contribution is -0.123. The highest BCUT2D eigenvalue weighted by Crippen LogP contribution is 2.46. The number of hydrogen-bond donors (Lipinski definition) is 2. The Balaban J connectivity index is 1.43. The summed E-state index contributed by atoms with van der Waals surface area (Å²) in [6.45, 7) is 1.91. The lowest BCUT2D eigenvalue weighted by atomic mass is 9.94. The largest absolute Gasteiger partial charge is 0.351 e. The number of carbonyl (C=O) groups is 1. The fourth-order valence-electron chi connectivity index (χ4n) is 5.59. The highest BCUT2D eigenvalue weighted by atomic mass is 32.2. The molecule has 0 bridgehead atoms. The topological polar surface area (TPSA) is 75.3 Å². The van der Waals surface area contributed by atoms with Crippen LogP contribution in [0.5, 0.6) is 0 Å². The van der Waals surface area contributed by atoms with Crippen LogP contribution in [0.3, 0.4) is 0 Å². The lowest BCUT2D eigenvalue weighted by Gasteiger charge is -2.39. The van der Waals surface area contributed by atoms with E-state index in [1.165, 1.54) is 10.6 Å². The van der Waals surface area contributed by atoms with Crippen LogP contribution in [0, 0.1) is 6.92 Å². The molecule has 4 aromatic rings. The monoisotopic (exact) mass is 584 g/mol. The van der Waals surface area contributed by atoms with E-state index in [9.17, 15) is 13.2 Å². The summed E-state index contributed by atoms with van der Waals surface area (Å²) in [7, 11) is -4.63. The standard InChI is InChI=1S/C34H37N2O3PS/c1-26-21-23-30(24-22-26)41(38,39)36-32(25-27-13-5-2-6-14-27)34(37)35-31-19-11-12-20-33(31)40(28-15-7-3-8-16-28)29-17-9-4-10-18-29/h2-10,13-18,21-24,31-33,36H,11-12,19-20,25H2,1H3,(H,35,37)/t31-,32+,33-/m1/s1. The van der Waals surface area contributed by atoms with Gasteiger partial charge in [-0.1, -0.05) is 122 Å². The van der Waals surface area contributed by atoms with Crippen LogP contribution in [0.2, 0.25) is 0 Å². The molecule has 7 heteroatoms. The second kappa shape index (κ2) is 13.6. The third-order valence-corrected chi connectivity index (χ3v) is 12.2. The molecule has 2 N–H and O–H groups in total. The van der Waals surface area contributed by atoms with Crippen LogP contribution in [0.4, 0.5) is 0 Å². The van der Waals surface area contributed by atoms with Gasteiger partial charge in [0.2, 0.25) is 15.9 Å². The van der Waals surface area contributed by atoms with Crippen LogP contribution in [0.25, 0.3) is 0 Å². The van der Waals surface area contributed by atoms with E-state index in [-0.39, 0.29) is 28.9 Å². The molecule has 1 aliphatic carbocycles. The Bertz CT molecular complexity index is 1480. The zero-order chi connectivity index (χ0) is 28.7. The van der Waals surface area contributed by atoms with E-state index >= 15 is 0 Å². The first kappa shape index (κ1) is 29.2. The van der Waals surface area contributed by atoms with Gasteiger partial charge in [0.25, 0.3) is 0 Å². The van der Waals surface area contributed by atoms with E-state index in [1.807, 2.05) is 49.4 Å². The maximum atomic E-state index is 14.0. The molecular weight excluding hydrogens is 547 g/mol. The summed E-state index contributed by atoms with van der Waals surface area (Å²) in [5.74, 6) is -0.280. The zero-order valence-electron chi connectivity index (χ0n) is 23.3. The molecule has 0 aromatic heterocycles. The summed E-state index contributed by atoms with van der Waals surface area (Å²) >= 11 is 0. The Kier molecular flexibility index (Phi) is 9.66. The Labute approximate surface area is 245 Å². The Morgan fingerprint density at radius 3 is 1.90 bits per heavy atom. The first-order valence-corrected chi connectivity index (χ1v) is 17.1. The average Bonchev–Trinajstić information content (AvgIpc) is 2.99. The molecule has 5 rings (SSSR count). The molecule has 0 spiro atoms. The number of hydrogen-bond acceptors (Lipinski definition) is 3. The molecule has 1 saturated carbocycles. The SMILES string of the molecule is Cc1ccc(S(=O)(=O)N[C@@H](Cc2ccccc2)C(=O)N[C@@H]2CCCC[C@H]2P(c2ccccc2)c2ccccc2)cc1.